The number of nitrogens with one attached hydrogen (secondary N) is 1. The predicted molar refractivity (Wildman–Crippen MR) is 69.3 cm³/mol. The number of rotatable bonds is 5. The Balaban J connectivity index is 1.83. The first-order chi connectivity index (χ1) is 8.81. The Labute approximate surface area is 111 Å². The number of alkyl halides is 1. The van der Waals surface area contributed by atoms with E-state index in [1.54, 1.807) is 6.07 Å². The molecule has 0 spiro atoms. The zero-order chi connectivity index (χ0) is 12.8. The summed E-state index contributed by atoms with van der Waals surface area (Å²) in [6.45, 7) is 0.866. The van der Waals surface area contributed by atoms with Crippen LogP contribution in [0.15, 0.2) is 24.3 Å². The molecule has 1 aliphatic heterocycles. The van der Waals surface area contributed by atoms with E-state index in [0.717, 1.165) is 12.8 Å². The van der Waals surface area contributed by atoms with Crippen molar-refractivity contribution in [2.24, 2.45) is 0 Å². The lowest BCUT2D eigenvalue weighted by Gasteiger charge is -2.25. The number of para-hydroxylation sites is 2. The van der Waals surface area contributed by atoms with Gasteiger partial charge in [-0.2, -0.15) is 0 Å². The fourth-order valence-corrected chi connectivity index (χ4v) is 1.88. The van der Waals surface area contributed by atoms with Crippen LogP contribution in [0, 0.1) is 0 Å². The summed E-state index contributed by atoms with van der Waals surface area (Å²) in [6, 6.07) is 7.34. The number of unbranched alkanes of at least 4 members (excludes halogenated alkanes) is 1. The zero-order valence-electron chi connectivity index (χ0n) is 10.0. The summed E-state index contributed by atoms with van der Waals surface area (Å²) in [5, 5.41) is 2.82. The standard InChI is InChI=1S/C13H16ClNO3/c14-7-3-4-8-15-13(16)12-9-17-10-5-1-2-6-11(10)18-12/h1-2,5-6,12H,3-4,7-9H2,(H,15,16). The molecule has 0 saturated heterocycles. The third-order valence-corrected chi connectivity index (χ3v) is 2.93. The number of hydrogen-bond donors (Lipinski definition) is 1. The maximum Gasteiger partial charge on any atom is 0.264 e. The van der Waals surface area contributed by atoms with Gasteiger partial charge in [-0.3, -0.25) is 4.79 Å². The van der Waals surface area contributed by atoms with E-state index < -0.39 is 6.10 Å². The van der Waals surface area contributed by atoms with Crippen molar-refractivity contribution < 1.29 is 14.3 Å². The fourth-order valence-electron chi connectivity index (χ4n) is 1.69. The smallest absolute Gasteiger partial charge is 0.264 e. The first-order valence-electron chi connectivity index (χ1n) is 6.03. The summed E-state index contributed by atoms with van der Waals surface area (Å²) < 4.78 is 11.1. The molecule has 1 aromatic carbocycles. The van der Waals surface area contributed by atoms with Crippen LogP contribution in [0.3, 0.4) is 0 Å². The van der Waals surface area contributed by atoms with Crippen LogP contribution in [0.4, 0.5) is 0 Å². The Morgan fingerprint density at radius 1 is 1.33 bits per heavy atom. The topological polar surface area (TPSA) is 47.6 Å². The highest BCUT2D eigenvalue weighted by molar-refractivity contribution is 6.17. The van der Waals surface area contributed by atoms with E-state index in [1.807, 2.05) is 18.2 Å². The molecule has 2 rings (SSSR count). The highest BCUT2D eigenvalue weighted by Gasteiger charge is 2.26. The molecule has 0 aromatic heterocycles. The normalized spacial score (nSPS) is 17.3. The quantitative estimate of drug-likeness (QED) is 0.657. The second kappa shape index (κ2) is 6.50. The average molecular weight is 270 g/mol. The molecule has 0 bridgehead atoms. The third-order valence-electron chi connectivity index (χ3n) is 2.66. The molecule has 0 fully saturated rings. The van der Waals surface area contributed by atoms with E-state index in [-0.39, 0.29) is 12.5 Å². The van der Waals surface area contributed by atoms with Crippen LogP contribution >= 0.6 is 11.6 Å². The van der Waals surface area contributed by atoms with Gasteiger partial charge >= 0.3 is 0 Å². The molecule has 98 valence electrons. The molecular formula is C13H16ClNO3. The molecule has 0 saturated carbocycles. The largest absolute Gasteiger partial charge is 0.485 e. The van der Waals surface area contributed by atoms with Crippen LogP contribution in [0.2, 0.25) is 0 Å². The summed E-state index contributed by atoms with van der Waals surface area (Å²) in [5.74, 6) is 1.78. The van der Waals surface area contributed by atoms with Crippen molar-refractivity contribution in [3.8, 4) is 11.5 Å². The van der Waals surface area contributed by atoms with E-state index in [1.165, 1.54) is 0 Å². The predicted octanol–water partition coefficient (Wildman–Crippen LogP) is 1.96. The van der Waals surface area contributed by atoms with Crippen molar-refractivity contribution in [3.05, 3.63) is 24.3 Å². The summed E-state index contributed by atoms with van der Waals surface area (Å²) in [4.78, 5) is 11.8. The number of halogens is 1. The summed E-state index contributed by atoms with van der Waals surface area (Å²) in [6.07, 6.45) is 1.20. The van der Waals surface area contributed by atoms with Gasteiger partial charge in [-0.1, -0.05) is 12.1 Å². The van der Waals surface area contributed by atoms with Crippen LogP contribution in [0.1, 0.15) is 12.8 Å². The Morgan fingerprint density at radius 3 is 2.89 bits per heavy atom. The minimum absolute atomic E-state index is 0.140. The van der Waals surface area contributed by atoms with Crippen LogP contribution < -0.4 is 14.8 Å². The van der Waals surface area contributed by atoms with Gasteiger partial charge in [-0.05, 0) is 25.0 Å². The van der Waals surface area contributed by atoms with Crippen molar-refractivity contribution in [3.63, 3.8) is 0 Å². The van der Waals surface area contributed by atoms with Gasteiger partial charge in [0.15, 0.2) is 11.5 Å². The van der Waals surface area contributed by atoms with Crippen LogP contribution in [0.5, 0.6) is 11.5 Å². The zero-order valence-corrected chi connectivity index (χ0v) is 10.8. The van der Waals surface area contributed by atoms with Gasteiger partial charge < -0.3 is 14.8 Å². The second-order valence-corrected chi connectivity index (χ2v) is 4.43. The fraction of sp³-hybridized carbons (Fsp3) is 0.462. The van der Waals surface area contributed by atoms with Crippen molar-refractivity contribution in [1.29, 1.82) is 0 Å². The number of hydrogen-bond acceptors (Lipinski definition) is 3. The van der Waals surface area contributed by atoms with Gasteiger partial charge in [0.2, 0.25) is 6.10 Å². The number of carbonyl (C=O) groups excluding carboxylic acids is 1. The van der Waals surface area contributed by atoms with Crippen molar-refractivity contribution in [2.75, 3.05) is 19.0 Å². The minimum atomic E-state index is -0.573. The highest BCUT2D eigenvalue weighted by Crippen LogP contribution is 2.30. The number of benzene rings is 1. The molecule has 18 heavy (non-hydrogen) atoms. The van der Waals surface area contributed by atoms with Gasteiger partial charge in [0.05, 0.1) is 0 Å². The molecule has 4 nitrogen and oxygen atoms in total. The van der Waals surface area contributed by atoms with Gasteiger partial charge in [0, 0.05) is 12.4 Å². The van der Waals surface area contributed by atoms with E-state index >= 15 is 0 Å². The van der Waals surface area contributed by atoms with Gasteiger partial charge in [-0.25, -0.2) is 0 Å². The van der Waals surface area contributed by atoms with Gasteiger partial charge in [0.25, 0.3) is 5.91 Å². The van der Waals surface area contributed by atoms with Crippen LogP contribution in [-0.2, 0) is 4.79 Å². The maximum absolute atomic E-state index is 11.8. The lowest BCUT2D eigenvalue weighted by molar-refractivity contribution is -0.130. The Hall–Kier alpha value is -1.42. The molecular weight excluding hydrogens is 254 g/mol. The van der Waals surface area contributed by atoms with Crippen LogP contribution in [-0.4, -0.2) is 31.0 Å². The van der Waals surface area contributed by atoms with E-state index in [9.17, 15) is 4.79 Å². The Morgan fingerprint density at radius 2 is 2.11 bits per heavy atom. The maximum atomic E-state index is 11.8. The molecule has 1 N–H and O–H groups in total. The van der Waals surface area contributed by atoms with Gasteiger partial charge in [0.1, 0.15) is 6.61 Å². The molecule has 5 heteroatoms. The number of ether oxygens (including phenoxy) is 2. The van der Waals surface area contributed by atoms with E-state index in [4.69, 9.17) is 21.1 Å². The number of amides is 1. The minimum Gasteiger partial charge on any atom is -0.485 e. The lowest BCUT2D eigenvalue weighted by atomic mass is 10.2. The van der Waals surface area contributed by atoms with Crippen molar-refractivity contribution >= 4 is 17.5 Å². The average Bonchev–Trinajstić information content (AvgIpc) is 2.43. The molecule has 1 aromatic rings. The number of fused-ring (bicyclic) bond motifs is 1. The summed E-state index contributed by atoms with van der Waals surface area (Å²) >= 11 is 5.56. The summed E-state index contributed by atoms with van der Waals surface area (Å²) in [7, 11) is 0. The molecule has 1 atom stereocenters. The molecule has 0 aliphatic carbocycles. The molecule has 0 radical (unpaired) electrons. The molecule has 1 amide bonds. The van der Waals surface area contributed by atoms with E-state index in [2.05, 4.69) is 5.32 Å². The third kappa shape index (κ3) is 3.29. The van der Waals surface area contributed by atoms with Crippen molar-refractivity contribution in [2.45, 2.75) is 18.9 Å². The Kier molecular flexibility index (Phi) is 4.70. The molecule has 1 unspecified atom stereocenters. The highest BCUT2D eigenvalue weighted by atomic mass is 35.5. The Bertz CT molecular complexity index is 411. The monoisotopic (exact) mass is 269 g/mol. The van der Waals surface area contributed by atoms with Crippen molar-refractivity contribution in [1.82, 2.24) is 5.32 Å². The molecule has 1 aliphatic rings. The van der Waals surface area contributed by atoms with Gasteiger partial charge in [-0.15, -0.1) is 11.6 Å². The van der Waals surface area contributed by atoms with Crippen LogP contribution in [0.25, 0.3) is 0 Å². The first kappa shape index (κ1) is 13.0. The lowest BCUT2D eigenvalue weighted by Crippen LogP contribution is -2.44. The second-order valence-electron chi connectivity index (χ2n) is 4.05. The number of carbonyl (C=O) groups is 1. The van der Waals surface area contributed by atoms with E-state index in [0.29, 0.717) is 23.9 Å². The summed E-state index contributed by atoms with van der Waals surface area (Å²) in [5.41, 5.74) is 0. The SMILES string of the molecule is O=C(NCCCCCl)C1COc2ccccc2O1. The molecule has 1 heterocycles. The first-order valence-corrected chi connectivity index (χ1v) is 6.57.